The third kappa shape index (κ3) is 3.47. The Morgan fingerprint density at radius 2 is 1.68 bits per heavy atom. The maximum Gasteiger partial charge on any atom is 0.244 e. The van der Waals surface area contributed by atoms with Crippen LogP contribution >= 0.6 is 0 Å². The van der Waals surface area contributed by atoms with Crippen LogP contribution in [0.25, 0.3) is 0 Å². The third-order valence-corrected chi connectivity index (χ3v) is 3.99. The van der Waals surface area contributed by atoms with E-state index in [0.717, 1.165) is 5.56 Å². The van der Waals surface area contributed by atoms with Crippen molar-refractivity contribution in [2.45, 2.75) is 19.9 Å². The summed E-state index contributed by atoms with van der Waals surface area (Å²) in [6, 6.07) is -0.388. The van der Waals surface area contributed by atoms with Gasteiger partial charge in [-0.25, -0.2) is 0 Å². The molecule has 122 valence electrons. The molecule has 1 aliphatic rings. The molecule has 1 aliphatic heterocycles. The molecule has 7 heteroatoms. The molecule has 2 rings (SSSR count). The highest BCUT2D eigenvalue weighted by Crippen LogP contribution is 2.16. The molecule has 0 saturated carbocycles. The first-order valence-electron chi connectivity index (χ1n) is 7.67. The number of nitrogens with zero attached hydrogens (tertiary/aromatic N) is 4. The number of likely N-dealkylation sites (N-methyl/N-ethyl adjacent to an activating group) is 1. The normalized spacial score (nSPS) is 17.0. The van der Waals surface area contributed by atoms with Gasteiger partial charge in [0.1, 0.15) is 6.04 Å². The van der Waals surface area contributed by atoms with Crippen molar-refractivity contribution in [1.29, 1.82) is 0 Å². The Kier molecular flexibility index (Phi) is 5.18. The van der Waals surface area contributed by atoms with Crippen molar-refractivity contribution in [2.75, 3.05) is 33.2 Å². The molecule has 2 amide bonds. The van der Waals surface area contributed by atoms with E-state index in [1.807, 2.05) is 36.9 Å². The Hall–Kier alpha value is -1.89. The van der Waals surface area contributed by atoms with Crippen LogP contribution < -0.4 is 5.32 Å². The van der Waals surface area contributed by atoms with Crippen LogP contribution in [-0.4, -0.2) is 64.6 Å². The van der Waals surface area contributed by atoms with Crippen LogP contribution in [0.15, 0.2) is 12.4 Å². The molecular weight excluding hydrogens is 282 g/mol. The number of amides is 2. The molecule has 0 bridgehead atoms. The van der Waals surface area contributed by atoms with Crippen molar-refractivity contribution < 1.29 is 9.59 Å². The van der Waals surface area contributed by atoms with Gasteiger partial charge in [-0.3, -0.25) is 14.3 Å². The number of aromatic nitrogens is 2. The van der Waals surface area contributed by atoms with E-state index in [1.54, 1.807) is 17.9 Å². The number of rotatable bonds is 4. The minimum absolute atomic E-state index is 0.00250. The van der Waals surface area contributed by atoms with E-state index in [4.69, 9.17) is 0 Å². The fraction of sp³-hybridized carbons (Fsp3) is 0.667. The Morgan fingerprint density at radius 1 is 1.14 bits per heavy atom. The molecule has 1 unspecified atom stereocenters. The van der Waals surface area contributed by atoms with E-state index in [1.165, 1.54) is 0 Å². The van der Waals surface area contributed by atoms with E-state index < -0.39 is 0 Å². The number of carbonyl (C=O) groups excluding carboxylic acids is 2. The van der Waals surface area contributed by atoms with Crippen LogP contribution in [0, 0.1) is 5.92 Å². The third-order valence-electron chi connectivity index (χ3n) is 3.99. The first kappa shape index (κ1) is 16.5. The summed E-state index contributed by atoms with van der Waals surface area (Å²) in [7, 11) is 3.60. The average Bonchev–Trinajstić information content (AvgIpc) is 2.93. The maximum atomic E-state index is 12.7. The van der Waals surface area contributed by atoms with Gasteiger partial charge in [-0.2, -0.15) is 5.10 Å². The van der Waals surface area contributed by atoms with E-state index >= 15 is 0 Å². The monoisotopic (exact) mass is 307 g/mol. The van der Waals surface area contributed by atoms with Gasteiger partial charge in [0, 0.05) is 50.9 Å². The topological polar surface area (TPSA) is 70.5 Å². The molecule has 2 heterocycles. The zero-order valence-corrected chi connectivity index (χ0v) is 13.7. The van der Waals surface area contributed by atoms with Crippen molar-refractivity contribution in [3.05, 3.63) is 18.0 Å². The minimum atomic E-state index is -0.388. The first-order valence-corrected chi connectivity index (χ1v) is 7.67. The predicted molar refractivity (Wildman–Crippen MR) is 83.0 cm³/mol. The van der Waals surface area contributed by atoms with Gasteiger partial charge < -0.3 is 15.1 Å². The van der Waals surface area contributed by atoms with Crippen LogP contribution in [0.5, 0.6) is 0 Å². The number of hydrogen-bond acceptors (Lipinski definition) is 4. The van der Waals surface area contributed by atoms with Gasteiger partial charge >= 0.3 is 0 Å². The summed E-state index contributed by atoms with van der Waals surface area (Å²) in [5.74, 6) is 0.194. The number of carbonyl (C=O) groups is 2. The van der Waals surface area contributed by atoms with Crippen molar-refractivity contribution in [1.82, 2.24) is 24.9 Å². The molecule has 0 aromatic carbocycles. The Bertz CT molecular complexity index is 532. The minimum Gasteiger partial charge on any atom is -0.339 e. The lowest BCUT2D eigenvalue weighted by Crippen LogP contribution is -2.53. The molecule has 0 aliphatic carbocycles. The van der Waals surface area contributed by atoms with Crippen molar-refractivity contribution in [3.8, 4) is 0 Å². The van der Waals surface area contributed by atoms with Crippen molar-refractivity contribution in [3.63, 3.8) is 0 Å². The highest BCUT2D eigenvalue weighted by molar-refractivity contribution is 5.84. The summed E-state index contributed by atoms with van der Waals surface area (Å²) < 4.78 is 1.69. The molecule has 22 heavy (non-hydrogen) atoms. The second-order valence-corrected chi connectivity index (χ2v) is 5.97. The molecule has 1 N–H and O–H groups in total. The van der Waals surface area contributed by atoms with Crippen LogP contribution in [0.2, 0.25) is 0 Å². The fourth-order valence-corrected chi connectivity index (χ4v) is 2.72. The van der Waals surface area contributed by atoms with Crippen LogP contribution in [0.3, 0.4) is 0 Å². The molecule has 1 aromatic heterocycles. The van der Waals surface area contributed by atoms with Gasteiger partial charge in [-0.05, 0) is 7.05 Å². The standard InChI is InChI=1S/C15H25N5O2/c1-11(2)14(21)19-5-7-20(8-6-19)15(22)13(16-3)12-9-17-18(4)10-12/h9-11,13,16H,5-8H2,1-4H3. The lowest BCUT2D eigenvalue weighted by molar-refractivity contribution is -0.142. The molecule has 1 fully saturated rings. The second kappa shape index (κ2) is 6.91. The number of aryl methyl sites for hydroxylation is 1. The Balaban J connectivity index is 1.98. The van der Waals surface area contributed by atoms with E-state index in [2.05, 4.69) is 10.4 Å². The second-order valence-electron chi connectivity index (χ2n) is 5.97. The quantitative estimate of drug-likeness (QED) is 0.850. The van der Waals surface area contributed by atoms with Crippen LogP contribution in [-0.2, 0) is 16.6 Å². The van der Waals surface area contributed by atoms with Gasteiger partial charge in [-0.1, -0.05) is 13.8 Å². The summed E-state index contributed by atoms with van der Waals surface area (Å²) >= 11 is 0. The summed E-state index contributed by atoms with van der Waals surface area (Å²) in [6.45, 7) is 6.17. The summed E-state index contributed by atoms with van der Waals surface area (Å²) in [4.78, 5) is 28.3. The van der Waals surface area contributed by atoms with Gasteiger partial charge in [0.05, 0.1) is 6.20 Å². The van der Waals surface area contributed by atoms with Gasteiger partial charge in [0.2, 0.25) is 11.8 Å². The predicted octanol–water partition coefficient (Wildman–Crippen LogP) is 0.00740. The summed E-state index contributed by atoms with van der Waals surface area (Å²) in [5, 5.41) is 7.18. The zero-order chi connectivity index (χ0) is 16.3. The van der Waals surface area contributed by atoms with Crippen molar-refractivity contribution in [2.24, 2.45) is 13.0 Å². The number of hydrogen-bond donors (Lipinski definition) is 1. The van der Waals surface area contributed by atoms with E-state index in [9.17, 15) is 9.59 Å². The SMILES string of the molecule is CNC(C(=O)N1CCN(C(=O)C(C)C)CC1)c1cnn(C)c1. The van der Waals surface area contributed by atoms with Crippen LogP contribution in [0.1, 0.15) is 25.5 Å². The zero-order valence-electron chi connectivity index (χ0n) is 13.7. The maximum absolute atomic E-state index is 12.7. The molecular formula is C15H25N5O2. The summed E-state index contributed by atoms with van der Waals surface area (Å²) in [5.41, 5.74) is 0.857. The largest absolute Gasteiger partial charge is 0.339 e. The molecule has 1 atom stereocenters. The van der Waals surface area contributed by atoms with E-state index in [-0.39, 0.29) is 23.8 Å². The lowest BCUT2D eigenvalue weighted by atomic mass is 10.1. The fourth-order valence-electron chi connectivity index (χ4n) is 2.72. The lowest BCUT2D eigenvalue weighted by Gasteiger charge is -2.37. The van der Waals surface area contributed by atoms with Gasteiger partial charge in [-0.15, -0.1) is 0 Å². The van der Waals surface area contributed by atoms with E-state index in [0.29, 0.717) is 26.2 Å². The van der Waals surface area contributed by atoms with Crippen LogP contribution in [0.4, 0.5) is 0 Å². The Morgan fingerprint density at radius 3 is 2.09 bits per heavy atom. The molecule has 0 radical (unpaired) electrons. The molecule has 7 nitrogen and oxygen atoms in total. The average molecular weight is 307 g/mol. The highest BCUT2D eigenvalue weighted by atomic mass is 16.2. The van der Waals surface area contributed by atoms with Crippen molar-refractivity contribution >= 4 is 11.8 Å². The number of nitrogens with one attached hydrogen (secondary N) is 1. The molecule has 0 spiro atoms. The number of piperazine rings is 1. The molecule has 1 saturated heterocycles. The summed E-state index contributed by atoms with van der Waals surface area (Å²) in [6.07, 6.45) is 3.55. The smallest absolute Gasteiger partial charge is 0.244 e. The Labute approximate surface area is 131 Å². The first-order chi connectivity index (χ1) is 10.4. The molecule has 1 aromatic rings. The highest BCUT2D eigenvalue weighted by Gasteiger charge is 2.30. The van der Waals surface area contributed by atoms with Gasteiger partial charge in [0.25, 0.3) is 0 Å². The van der Waals surface area contributed by atoms with Gasteiger partial charge in [0.15, 0.2) is 0 Å².